The van der Waals surface area contributed by atoms with Crippen LogP contribution in [0.25, 0.3) is 0 Å². The Morgan fingerprint density at radius 1 is 1.47 bits per heavy atom. The number of carbonyl (C=O) groups is 2. The molecule has 1 saturated heterocycles. The van der Waals surface area contributed by atoms with Crippen LogP contribution in [0.2, 0.25) is 0 Å². The average Bonchev–Trinajstić information content (AvgIpc) is 2.35. The summed E-state index contributed by atoms with van der Waals surface area (Å²) in [5, 5.41) is 11.7. The zero-order chi connectivity index (χ0) is 14.3. The topological polar surface area (TPSA) is 84.9 Å². The first-order chi connectivity index (χ1) is 8.97. The molecule has 7 heteroatoms. The van der Waals surface area contributed by atoms with Crippen LogP contribution in [0.5, 0.6) is 0 Å². The highest BCUT2D eigenvalue weighted by molar-refractivity contribution is 6.30. The largest absolute Gasteiger partial charge is 0.481 e. The highest BCUT2D eigenvalue weighted by Crippen LogP contribution is 2.14. The van der Waals surface area contributed by atoms with Crippen molar-refractivity contribution in [2.24, 2.45) is 5.92 Å². The Kier molecular flexibility index (Phi) is 6.87. The molecule has 1 aliphatic rings. The second-order valence-electron chi connectivity index (χ2n) is 5.29. The first kappa shape index (κ1) is 16.0. The van der Waals surface area contributed by atoms with E-state index in [1.165, 1.54) is 0 Å². The molecule has 0 saturated carbocycles. The number of rotatable bonds is 7. The molecular formula is C12H22BNO5. The molecule has 0 aliphatic carbocycles. The van der Waals surface area contributed by atoms with E-state index in [4.69, 9.17) is 14.5 Å². The summed E-state index contributed by atoms with van der Waals surface area (Å²) in [6.07, 6.45) is 1.35. The number of aliphatic carboxylic acids is 1. The lowest BCUT2D eigenvalue weighted by atomic mass is 9.79. The summed E-state index contributed by atoms with van der Waals surface area (Å²) in [6.45, 7) is 4.57. The molecule has 2 N–H and O–H groups in total. The van der Waals surface area contributed by atoms with E-state index in [0.717, 1.165) is 6.42 Å². The molecule has 1 rings (SSSR count). The van der Waals surface area contributed by atoms with Gasteiger partial charge < -0.3 is 19.8 Å². The normalized spacial score (nSPS) is 22.9. The SMILES string of the molecule is CC(C)COC(=O)CNC1BOC(CC(=O)O)CC1. The van der Waals surface area contributed by atoms with E-state index in [1.807, 2.05) is 13.8 Å². The molecule has 108 valence electrons. The lowest BCUT2D eigenvalue weighted by molar-refractivity contribution is -0.143. The number of esters is 1. The third kappa shape index (κ3) is 7.17. The predicted molar refractivity (Wildman–Crippen MR) is 71.1 cm³/mol. The molecule has 1 heterocycles. The van der Waals surface area contributed by atoms with Gasteiger partial charge in [0.25, 0.3) is 7.48 Å². The van der Waals surface area contributed by atoms with E-state index in [0.29, 0.717) is 26.4 Å². The molecule has 1 aliphatic heterocycles. The second kappa shape index (κ2) is 8.17. The number of hydrogen-bond acceptors (Lipinski definition) is 5. The van der Waals surface area contributed by atoms with Crippen LogP contribution in [0.4, 0.5) is 0 Å². The lowest BCUT2D eigenvalue weighted by Gasteiger charge is -2.27. The van der Waals surface area contributed by atoms with Crippen LogP contribution in [0, 0.1) is 5.92 Å². The summed E-state index contributed by atoms with van der Waals surface area (Å²) in [6, 6.07) is 0. The van der Waals surface area contributed by atoms with Crippen LogP contribution in [0.3, 0.4) is 0 Å². The van der Waals surface area contributed by atoms with Gasteiger partial charge in [0.15, 0.2) is 0 Å². The van der Waals surface area contributed by atoms with E-state index in [9.17, 15) is 9.59 Å². The minimum absolute atomic E-state index is 0.0448. The standard InChI is InChI=1S/C12H22BNO5/c1-8(2)7-18-12(17)6-14-10-4-3-9(19-13-10)5-11(15)16/h8-10,13-14H,3-7H2,1-2H3,(H,15,16). The van der Waals surface area contributed by atoms with Gasteiger partial charge in [-0.3, -0.25) is 9.59 Å². The zero-order valence-electron chi connectivity index (χ0n) is 11.6. The first-order valence-corrected chi connectivity index (χ1v) is 6.69. The predicted octanol–water partition coefficient (Wildman–Crippen LogP) is 0.106. The Hall–Kier alpha value is -1.08. The number of ether oxygens (including phenoxy) is 1. The average molecular weight is 271 g/mol. The third-order valence-corrected chi connectivity index (χ3v) is 2.89. The molecule has 0 bridgehead atoms. The Balaban J connectivity index is 2.12. The molecule has 1 fully saturated rings. The summed E-state index contributed by atoms with van der Waals surface area (Å²) < 4.78 is 10.5. The van der Waals surface area contributed by atoms with Gasteiger partial charge in [-0.05, 0) is 18.8 Å². The summed E-state index contributed by atoms with van der Waals surface area (Å²) in [5.41, 5.74) is 0. The Morgan fingerprint density at radius 2 is 2.21 bits per heavy atom. The molecule has 0 radical (unpaired) electrons. The van der Waals surface area contributed by atoms with Crippen molar-refractivity contribution < 1.29 is 24.1 Å². The van der Waals surface area contributed by atoms with Crippen molar-refractivity contribution in [3.05, 3.63) is 0 Å². The van der Waals surface area contributed by atoms with Crippen LogP contribution in [-0.2, 0) is 19.0 Å². The minimum atomic E-state index is -0.839. The van der Waals surface area contributed by atoms with Gasteiger partial charge in [-0.25, -0.2) is 0 Å². The Bertz CT molecular complexity index is 302. The summed E-state index contributed by atoms with van der Waals surface area (Å²) in [7, 11) is 0.440. The summed E-state index contributed by atoms with van der Waals surface area (Å²) in [5.74, 6) is -0.676. The fourth-order valence-electron chi connectivity index (χ4n) is 1.86. The monoisotopic (exact) mass is 271 g/mol. The van der Waals surface area contributed by atoms with E-state index in [1.54, 1.807) is 0 Å². The quantitative estimate of drug-likeness (QED) is 0.505. The van der Waals surface area contributed by atoms with Crippen molar-refractivity contribution in [3.8, 4) is 0 Å². The summed E-state index contributed by atoms with van der Waals surface area (Å²) >= 11 is 0. The van der Waals surface area contributed by atoms with Gasteiger partial charge in [-0.2, -0.15) is 0 Å². The summed E-state index contributed by atoms with van der Waals surface area (Å²) in [4.78, 5) is 21.9. The number of carbonyl (C=O) groups excluding carboxylic acids is 1. The van der Waals surface area contributed by atoms with Crippen molar-refractivity contribution in [2.75, 3.05) is 13.2 Å². The molecular weight excluding hydrogens is 249 g/mol. The fourth-order valence-corrected chi connectivity index (χ4v) is 1.86. The smallest absolute Gasteiger partial charge is 0.319 e. The van der Waals surface area contributed by atoms with Crippen LogP contribution in [-0.4, -0.2) is 49.7 Å². The number of carboxylic acid groups (broad SMARTS) is 1. The molecule has 0 amide bonds. The van der Waals surface area contributed by atoms with E-state index in [-0.39, 0.29) is 31.0 Å². The van der Waals surface area contributed by atoms with Crippen molar-refractivity contribution in [2.45, 2.75) is 45.2 Å². The van der Waals surface area contributed by atoms with Crippen molar-refractivity contribution in [1.82, 2.24) is 5.32 Å². The van der Waals surface area contributed by atoms with Crippen LogP contribution >= 0.6 is 0 Å². The highest BCUT2D eigenvalue weighted by Gasteiger charge is 2.25. The van der Waals surface area contributed by atoms with Gasteiger partial charge in [0.1, 0.15) is 0 Å². The molecule has 0 aromatic rings. The van der Waals surface area contributed by atoms with E-state index < -0.39 is 5.97 Å². The van der Waals surface area contributed by atoms with E-state index in [2.05, 4.69) is 5.32 Å². The zero-order valence-corrected chi connectivity index (χ0v) is 11.6. The highest BCUT2D eigenvalue weighted by atomic mass is 16.5. The van der Waals surface area contributed by atoms with Crippen LogP contribution < -0.4 is 5.32 Å². The minimum Gasteiger partial charge on any atom is -0.481 e. The Labute approximate surface area is 114 Å². The second-order valence-corrected chi connectivity index (χ2v) is 5.29. The fraction of sp³-hybridized carbons (Fsp3) is 0.833. The van der Waals surface area contributed by atoms with Gasteiger partial charge in [-0.1, -0.05) is 13.8 Å². The van der Waals surface area contributed by atoms with E-state index >= 15 is 0 Å². The van der Waals surface area contributed by atoms with Crippen LogP contribution in [0.15, 0.2) is 0 Å². The third-order valence-electron chi connectivity index (χ3n) is 2.89. The molecule has 0 aromatic carbocycles. The molecule has 0 spiro atoms. The van der Waals surface area contributed by atoms with Crippen molar-refractivity contribution in [3.63, 3.8) is 0 Å². The van der Waals surface area contributed by atoms with Gasteiger partial charge >= 0.3 is 11.9 Å². The lowest BCUT2D eigenvalue weighted by Crippen LogP contribution is -2.44. The van der Waals surface area contributed by atoms with Crippen molar-refractivity contribution >= 4 is 19.4 Å². The maximum Gasteiger partial charge on any atom is 0.319 e. The maximum atomic E-state index is 11.4. The molecule has 6 nitrogen and oxygen atoms in total. The first-order valence-electron chi connectivity index (χ1n) is 6.69. The maximum absolute atomic E-state index is 11.4. The van der Waals surface area contributed by atoms with Gasteiger partial charge in [0.05, 0.1) is 25.7 Å². The van der Waals surface area contributed by atoms with Crippen LogP contribution in [0.1, 0.15) is 33.1 Å². The van der Waals surface area contributed by atoms with Gasteiger partial charge in [0, 0.05) is 5.94 Å². The Morgan fingerprint density at radius 3 is 2.74 bits per heavy atom. The molecule has 2 atom stereocenters. The molecule has 0 aromatic heterocycles. The molecule has 2 unspecified atom stereocenters. The van der Waals surface area contributed by atoms with Crippen molar-refractivity contribution in [1.29, 1.82) is 0 Å². The van der Waals surface area contributed by atoms with Gasteiger partial charge in [-0.15, -0.1) is 0 Å². The van der Waals surface area contributed by atoms with Gasteiger partial charge in [0.2, 0.25) is 0 Å². The number of carboxylic acids is 1. The molecule has 19 heavy (non-hydrogen) atoms. The number of nitrogens with one attached hydrogen (secondary N) is 1. The number of hydrogen-bond donors (Lipinski definition) is 2.